The number of nitrogens with one attached hydrogen (secondary N) is 1. The molecular weight excluding hydrogens is 366 g/mol. The molecule has 4 aliphatic rings. The van der Waals surface area contributed by atoms with E-state index in [0.29, 0.717) is 0 Å². The summed E-state index contributed by atoms with van der Waals surface area (Å²) in [6, 6.07) is 7.27. The Labute approximate surface area is 183 Å². The van der Waals surface area contributed by atoms with Crippen molar-refractivity contribution in [3.8, 4) is 0 Å². The molecule has 1 saturated carbocycles. The van der Waals surface area contributed by atoms with Crippen LogP contribution in [0.15, 0.2) is 42.8 Å². The van der Waals surface area contributed by atoms with E-state index >= 15 is 0 Å². The van der Waals surface area contributed by atoms with Crippen molar-refractivity contribution in [1.29, 1.82) is 0 Å². The fourth-order valence-corrected chi connectivity index (χ4v) is 6.49. The van der Waals surface area contributed by atoms with Crippen molar-refractivity contribution in [3.63, 3.8) is 0 Å². The number of hydrogen-bond donors (Lipinski definition) is 1. The predicted molar refractivity (Wildman–Crippen MR) is 127 cm³/mol. The SMILES string of the molecule is C=C1CCC2(CCc3cc(N4CCN(CCC5CCCCC5)CC4)ccc32)C(=C)N1. The molecule has 1 unspecified atom stereocenters. The molecule has 3 heteroatoms. The lowest BCUT2D eigenvalue weighted by Crippen LogP contribution is -2.47. The summed E-state index contributed by atoms with van der Waals surface area (Å²) in [7, 11) is 0. The second-order valence-electron chi connectivity index (χ2n) is 10.3. The smallest absolute Gasteiger partial charge is 0.0370 e. The fourth-order valence-electron chi connectivity index (χ4n) is 6.49. The zero-order chi connectivity index (χ0) is 20.6. The quantitative estimate of drug-likeness (QED) is 0.726. The predicted octanol–water partition coefficient (Wildman–Crippen LogP) is 5.37. The van der Waals surface area contributed by atoms with Crippen LogP contribution in [0.1, 0.15) is 68.9 Å². The van der Waals surface area contributed by atoms with Crippen LogP contribution in [0.25, 0.3) is 0 Å². The standard InChI is InChI=1S/C27H39N3/c1-21-10-13-27(22(2)28-21)14-11-24-20-25(8-9-26(24)27)30-18-16-29(17-19-30)15-12-23-6-4-3-5-7-23/h8-9,20,23,28H,1-7,10-19H2. The van der Waals surface area contributed by atoms with Crippen LogP contribution in [0.5, 0.6) is 0 Å². The van der Waals surface area contributed by atoms with E-state index in [9.17, 15) is 0 Å². The molecule has 2 aliphatic heterocycles. The van der Waals surface area contributed by atoms with E-state index in [1.807, 2.05) is 0 Å². The van der Waals surface area contributed by atoms with Gasteiger partial charge >= 0.3 is 0 Å². The first-order valence-electron chi connectivity index (χ1n) is 12.4. The van der Waals surface area contributed by atoms with Crippen LogP contribution in [0, 0.1) is 5.92 Å². The minimum atomic E-state index is 0.132. The van der Waals surface area contributed by atoms with E-state index in [1.165, 1.54) is 95.3 Å². The van der Waals surface area contributed by atoms with Crippen molar-refractivity contribution < 1.29 is 0 Å². The van der Waals surface area contributed by atoms with Gasteiger partial charge < -0.3 is 10.2 Å². The minimum absolute atomic E-state index is 0.132. The van der Waals surface area contributed by atoms with E-state index in [0.717, 1.165) is 30.2 Å². The molecule has 3 fully saturated rings. The average molecular weight is 406 g/mol. The van der Waals surface area contributed by atoms with Crippen molar-refractivity contribution >= 4 is 5.69 Å². The van der Waals surface area contributed by atoms with Crippen LogP contribution in [0.4, 0.5) is 5.69 Å². The topological polar surface area (TPSA) is 18.5 Å². The number of piperazine rings is 1. The third-order valence-corrected chi connectivity index (χ3v) is 8.50. The summed E-state index contributed by atoms with van der Waals surface area (Å²) in [4.78, 5) is 5.32. The van der Waals surface area contributed by atoms with Gasteiger partial charge in [0.05, 0.1) is 0 Å². The van der Waals surface area contributed by atoms with Crippen LogP contribution in [0.3, 0.4) is 0 Å². The molecule has 1 spiro atoms. The molecule has 5 rings (SSSR count). The van der Waals surface area contributed by atoms with Gasteiger partial charge in [0.1, 0.15) is 0 Å². The molecule has 0 aromatic heterocycles. The van der Waals surface area contributed by atoms with Gasteiger partial charge in [-0.2, -0.15) is 0 Å². The summed E-state index contributed by atoms with van der Waals surface area (Å²) in [5, 5.41) is 3.47. The maximum absolute atomic E-state index is 4.38. The summed E-state index contributed by atoms with van der Waals surface area (Å²) in [5.74, 6) is 1.00. The van der Waals surface area contributed by atoms with Crippen LogP contribution in [0.2, 0.25) is 0 Å². The van der Waals surface area contributed by atoms with Gasteiger partial charge in [-0.3, -0.25) is 4.90 Å². The molecule has 1 aromatic carbocycles. The zero-order valence-electron chi connectivity index (χ0n) is 18.7. The summed E-state index contributed by atoms with van der Waals surface area (Å²) < 4.78 is 0. The van der Waals surface area contributed by atoms with Crippen molar-refractivity contribution in [2.75, 3.05) is 37.6 Å². The number of anilines is 1. The lowest BCUT2D eigenvalue weighted by molar-refractivity contribution is 0.221. The van der Waals surface area contributed by atoms with Gasteiger partial charge in [-0.05, 0) is 67.8 Å². The number of fused-ring (bicyclic) bond motifs is 2. The largest absolute Gasteiger partial charge is 0.369 e. The van der Waals surface area contributed by atoms with Gasteiger partial charge in [-0.15, -0.1) is 0 Å². The number of hydrogen-bond acceptors (Lipinski definition) is 3. The second-order valence-corrected chi connectivity index (χ2v) is 10.3. The summed E-state index contributed by atoms with van der Waals surface area (Å²) in [6.07, 6.45) is 13.4. The van der Waals surface area contributed by atoms with Crippen molar-refractivity contribution in [2.24, 2.45) is 5.92 Å². The number of aryl methyl sites for hydroxylation is 1. The Hall–Kier alpha value is -1.74. The fraction of sp³-hybridized carbons (Fsp3) is 0.630. The van der Waals surface area contributed by atoms with Crippen molar-refractivity contribution in [3.05, 3.63) is 53.9 Å². The van der Waals surface area contributed by atoms with Crippen molar-refractivity contribution in [1.82, 2.24) is 10.2 Å². The second kappa shape index (κ2) is 8.42. The summed E-state index contributed by atoms with van der Waals surface area (Å²) >= 11 is 0. The highest BCUT2D eigenvalue weighted by molar-refractivity contribution is 5.57. The number of nitrogens with zero attached hydrogens (tertiary/aromatic N) is 2. The van der Waals surface area contributed by atoms with Crippen LogP contribution >= 0.6 is 0 Å². The monoisotopic (exact) mass is 405 g/mol. The van der Waals surface area contributed by atoms with Gasteiger partial charge in [-0.25, -0.2) is 0 Å². The van der Waals surface area contributed by atoms with Crippen LogP contribution < -0.4 is 10.2 Å². The highest BCUT2D eigenvalue weighted by atomic mass is 15.3. The third kappa shape index (κ3) is 3.82. The van der Waals surface area contributed by atoms with E-state index in [-0.39, 0.29) is 5.41 Å². The molecule has 1 atom stereocenters. The molecule has 0 bridgehead atoms. The van der Waals surface area contributed by atoms with Crippen molar-refractivity contribution in [2.45, 2.75) is 69.6 Å². The maximum Gasteiger partial charge on any atom is 0.0370 e. The number of rotatable bonds is 4. The first kappa shape index (κ1) is 20.2. The Morgan fingerprint density at radius 3 is 2.50 bits per heavy atom. The molecule has 0 radical (unpaired) electrons. The zero-order valence-corrected chi connectivity index (χ0v) is 18.7. The van der Waals surface area contributed by atoms with Gasteiger partial charge in [-0.1, -0.05) is 51.3 Å². The maximum atomic E-state index is 4.38. The Morgan fingerprint density at radius 2 is 1.73 bits per heavy atom. The first-order chi connectivity index (χ1) is 14.6. The van der Waals surface area contributed by atoms with Gasteiger partial charge in [0.15, 0.2) is 0 Å². The summed E-state index contributed by atoms with van der Waals surface area (Å²) in [6.45, 7) is 14.6. The Bertz CT molecular complexity index is 798. The van der Waals surface area contributed by atoms with Crippen LogP contribution in [-0.4, -0.2) is 37.6 Å². The Kier molecular flexibility index (Phi) is 5.66. The Morgan fingerprint density at radius 1 is 0.967 bits per heavy atom. The van der Waals surface area contributed by atoms with E-state index < -0.39 is 0 Å². The van der Waals surface area contributed by atoms with E-state index in [4.69, 9.17) is 0 Å². The Balaban J connectivity index is 1.19. The number of benzene rings is 1. The molecule has 2 heterocycles. The molecular formula is C27H39N3. The lowest BCUT2D eigenvalue weighted by atomic mass is 9.73. The molecule has 3 nitrogen and oxygen atoms in total. The molecule has 162 valence electrons. The van der Waals surface area contributed by atoms with E-state index in [1.54, 1.807) is 5.56 Å². The van der Waals surface area contributed by atoms with E-state index in [2.05, 4.69) is 46.5 Å². The van der Waals surface area contributed by atoms with Gasteiger partial charge in [0.25, 0.3) is 0 Å². The summed E-state index contributed by atoms with van der Waals surface area (Å²) in [5.41, 5.74) is 6.91. The highest BCUT2D eigenvalue weighted by Gasteiger charge is 2.43. The highest BCUT2D eigenvalue weighted by Crippen LogP contribution is 2.49. The third-order valence-electron chi connectivity index (χ3n) is 8.50. The molecule has 1 N–H and O–H groups in total. The average Bonchev–Trinajstić information content (AvgIpc) is 3.15. The molecule has 1 aromatic rings. The van der Waals surface area contributed by atoms with Gasteiger partial charge in [0.2, 0.25) is 0 Å². The molecule has 2 saturated heterocycles. The number of allylic oxidation sites excluding steroid dienone is 2. The normalized spacial score (nSPS) is 28.1. The van der Waals surface area contributed by atoms with Gasteiger partial charge in [0, 0.05) is 48.7 Å². The lowest BCUT2D eigenvalue weighted by Gasteiger charge is -2.39. The molecule has 30 heavy (non-hydrogen) atoms. The molecule has 0 amide bonds. The van der Waals surface area contributed by atoms with Crippen LogP contribution in [-0.2, 0) is 11.8 Å². The molecule has 2 aliphatic carbocycles. The first-order valence-corrected chi connectivity index (χ1v) is 12.4. The minimum Gasteiger partial charge on any atom is -0.369 e. The number of piperidine rings is 1.